The summed E-state index contributed by atoms with van der Waals surface area (Å²) in [5.41, 5.74) is 2.58. The van der Waals surface area contributed by atoms with E-state index in [1.165, 1.54) is 0 Å². The first-order chi connectivity index (χ1) is 9.54. The van der Waals surface area contributed by atoms with Gasteiger partial charge in [0.15, 0.2) is 0 Å². The van der Waals surface area contributed by atoms with Gasteiger partial charge < -0.3 is 9.55 Å². The summed E-state index contributed by atoms with van der Waals surface area (Å²) in [4.78, 5) is 18.5. The third-order valence-electron chi connectivity index (χ3n) is 2.99. The molecule has 2 aromatic heterocycles. The summed E-state index contributed by atoms with van der Waals surface area (Å²) in [5, 5.41) is 2.22. The molecule has 0 aliphatic heterocycles. The fourth-order valence-corrected chi connectivity index (χ4v) is 3.05. The van der Waals surface area contributed by atoms with Gasteiger partial charge in [0.2, 0.25) is 0 Å². The molecule has 0 fully saturated rings. The lowest BCUT2D eigenvalue weighted by atomic mass is 10.3. The van der Waals surface area contributed by atoms with Crippen molar-refractivity contribution in [1.82, 2.24) is 14.5 Å². The van der Waals surface area contributed by atoms with E-state index in [0.29, 0.717) is 11.6 Å². The van der Waals surface area contributed by atoms with Crippen LogP contribution in [0.1, 0.15) is 23.8 Å². The van der Waals surface area contributed by atoms with E-state index in [-0.39, 0.29) is 10.3 Å². The highest BCUT2D eigenvalue weighted by atomic mass is 35.5. The largest absolute Gasteiger partial charge is 0.321 e. The number of benzene rings is 1. The van der Waals surface area contributed by atoms with Crippen molar-refractivity contribution in [2.24, 2.45) is 0 Å². The number of hydrogen-bond donors (Lipinski definition) is 1. The van der Waals surface area contributed by atoms with Crippen molar-refractivity contribution in [3.8, 4) is 0 Å². The molecule has 104 valence electrons. The molecule has 0 saturated carbocycles. The Kier molecular flexibility index (Phi) is 3.58. The predicted octanol–water partition coefficient (Wildman–Crippen LogP) is 3.79. The molecule has 20 heavy (non-hydrogen) atoms. The number of aromatic nitrogens is 3. The summed E-state index contributed by atoms with van der Waals surface area (Å²) >= 11 is 13.4. The Morgan fingerprint density at radius 3 is 2.95 bits per heavy atom. The summed E-state index contributed by atoms with van der Waals surface area (Å²) in [6.07, 6.45) is 0. The van der Waals surface area contributed by atoms with Gasteiger partial charge in [-0.05, 0) is 25.1 Å². The molecule has 3 rings (SSSR count). The van der Waals surface area contributed by atoms with E-state index in [1.54, 1.807) is 11.4 Å². The Morgan fingerprint density at radius 2 is 2.30 bits per heavy atom. The van der Waals surface area contributed by atoms with Gasteiger partial charge in [0.05, 0.1) is 23.0 Å². The van der Waals surface area contributed by atoms with Crippen LogP contribution in [-0.4, -0.2) is 14.5 Å². The van der Waals surface area contributed by atoms with Crippen molar-refractivity contribution >= 4 is 45.6 Å². The number of H-pyrrole nitrogens is 1. The molecule has 0 aliphatic carbocycles. The highest BCUT2D eigenvalue weighted by molar-refractivity contribution is 7.07. The number of rotatable bonds is 3. The molecule has 1 aromatic carbocycles. The zero-order valence-electron chi connectivity index (χ0n) is 10.6. The van der Waals surface area contributed by atoms with Crippen LogP contribution in [0.15, 0.2) is 28.4 Å². The van der Waals surface area contributed by atoms with E-state index in [0.717, 1.165) is 33.9 Å². The second-order valence-electron chi connectivity index (χ2n) is 4.48. The molecule has 4 nitrogen and oxygen atoms in total. The van der Waals surface area contributed by atoms with E-state index >= 15 is 0 Å². The Balaban J connectivity index is 2.17. The van der Waals surface area contributed by atoms with Gasteiger partial charge in [-0.25, -0.2) is 4.98 Å². The second-order valence-corrected chi connectivity index (χ2v) is 6.41. The molecular weight excluding hydrogens is 317 g/mol. The van der Waals surface area contributed by atoms with E-state index in [2.05, 4.69) is 9.97 Å². The molecule has 0 amide bonds. The van der Waals surface area contributed by atoms with Gasteiger partial charge in [-0.15, -0.1) is 11.6 Å². The van der Waals surface area contributed by atoms with Crippen molar-refractivity contribution in [3.05, 3.63) is 49.8 Å². The monoisotopic (exact) mass is 327 g/mol. The number of nitrogens with one attached hydrogen (secondary N) is 1. The number of aromatic amines is 1. The predicted molar refractivity (Wildman–Crippen MR) is 83.1 cm³/mol. The number of nitrogens with zero attached hydrogens (tertiary/aromatic N) is 2. The fourth-order valence-electron chi connectivity index (χ4n) is 2.15. The molecule has 0 bridgehead atoms. The maximum atomic E-state index is 11.2. The van der Waals surface area contributed by atoms with Crippen LogP contribution in [0.3, 0.4) is 0 Å². The van der Waals surface area contributed by atoms with Gasteiger partial charge in [-0.1, -0.05) is 22.9 Å². The van der Waals surface area contributed by atoms with Crippen LogP contribution >= 0.6 is 34.5 Å². The number of hydrogen-bond acceptors (Lipinski definition) is 3. The quantitative estimate of drug-likeness (QED) is 0.744. The molecule has 1 N–H and O–H groups in total. The van der Waals surface area contributed by atoms with Crippen LogP contribution in [-0.2, 0) is 6.54 Å². The van der Waals surface area contributed by atoms with Crippen LogP contribution in [0.4, 0.5) is 0 Å². The van der Waals surface area contributed by atoms with Gasteiger partial charge in [-0.3, -0.25) is 4.79 Å². The van der Waals surface area contributed by atoms with Gasteiger partial charge in [0.25, 0.3) is 0 Å². The normalized spacial score (nSPS) is 12.9. The lowest BCUT2D eigenvalue weighted by Gasteiger charge is -2.09. The first-order valence-corrected chi connectivity index (χ1v) is 7.70. The summed E-state index contributed by atoms with van der Waals surface area (Å²) in [6.45, 7) is 2.39. The molecule has 1 unspecified atom stereocenters. The van der Waals surface area contributed by atoms with Crippen molar-refractivity contribution in [3.63, 3.8) is 0 Å². The Labute approximate surface area is 129 Å². The molecular formula is C13H11Cl2N3OS. The minimum atomic E-state index is -0.230. The van der Waals surface area contributed by atoms with Crippen LogP contribution in [0, 0.1) is 0 Å². The molecule has 0 radical (unpaired) electrons. The van der Waals surface area contributed by atoms with Crippen molar-refractivity contribution < 1.29 is 0 Å². The van der Waals surface area contributed by atoms with E-state index in [9.17, 15) is 4.79 Å². The summed E-state index contributed by atoms with van der Waals surface area (Å²) in [5.74, 6) is 0.760. The molecule has 7 heteroatoms. The van der Waals surface area contributed by atoms with Crippen LogP contribution in [0.5, 0.6) is 0 Å². The number of halogens is 2. The summed E-state index contributed by atoms with van der Waals surface area (Å²) in [7, 11) is 0. The highest BCUT2D eigenvalue weighted by Crippen LogP contribution is 2.27. The molecule has 0 spiro atoms. The lowest BCUT2D eigenvalue weighted by Crippen LogP contribution is -2.07. The third-order valence-corrected chi connectivity index (χ3v) is 4.14. The smallest absolute Gasteiger partial charge is 0.304 e. The van der Waals surface area contributed by atoms with Gasteiger partial charge in [-0.2, -0.15) is 0 Å². The van der Waals surface area contributed by atoms with Crippen LogP contribution in [0.25, 0.3) is 11.0 Å². The molecule has 2 heterocycles. The Morgan fingerprint density at radius 1 is 1.50 bits per heavy atom. The van der Waals surface area contributed by atoms with E-state index in [4.69, 9.17) is 23.2 Å². The molecule has 0 saturated heterocycles. The zero-order chi connectivity index (χ0) is 14.3. The van der Waals surface area contributed by atoms with E-state index in [1.807, 2.05) is 23.6 Å². The van der Waals surface area contributed by atoms with Crippen LogP contribution < -0.4 is 4.87 Å². The number of thiazole rings is 1. The number of imidazole rings is 1. The van der Waals surface area contributed by atoms with Gasteiger partial charge >= 0.3 is 4.87 Å². The lowest BCUT2D eigenvalue weighted by molar-refractivity contribution is 0.729. The van der Waals surface area contributed by atoms with Crippen molar-refractivity contribution in [1.29, 1.82) is 0 Å². The average Bonchev–Trinajstić information content (AvgIpc) is 2.95. The van der Waals surface area contributed by atoms with Gasteiger partial charge in [0, 0.05) is 16.1 Å². The third kappa shape index (κ3) is 2.49. The molecule has 0 aliphatic rings. The summed E-state index contributed by atoms with van der Waals surface area (Å²) < 4.78 is 1.98. The van der Waals surface area contributed by atoms with Gasteiger partial charge in [0.1, 0.15) is 5.82 Å². The average molecular weight is 328 g/mol. The maximum absolute atomic E-state index is 11.2. The summed E-state index contributed by atoms with van der Waals surface area (Å²) in [6, 6.07) is 5.53. The minimum absolute atomic E-state index is 0.0667. The molecule has 1 atom stereocenters. The van der Waals surface area contributed by atoms with Crippen LogP contribution in [0.2, 0.25) is 5.02 Å². The minimum Gasteiger partial charge on any atom is -0.321 e. The second kappa shape index (κ2) is 5.24. The SMILES string of the molecule is CC(Cl)c1nc2ccc(Cl)cc2n1Cc1csc(=O)[nH]1. The van der Waals surface area contributed by atoms with E-state index < -0.39 is 0 Å². The number of fused-ring (bicyclic) bond motifs is 1. The Hall–Kier alpha value is -1.30. The van der Waals surface area contributed by atoms with Crippen molar-refractivity contribution in [2.75, 3.05) is 0 Å². The maximum Gasteiger partial charge on any atom is 0.304 e. The standard InChI is InChI=1S/C13H11Cl2N3OS/c1-7(14)12-17-10-3-2-8(15)4-11(10)18(12)5-9-6-20-13(19)16-9/h2-4,6-7H,5H2,1H3,(H,16,19). The van der Waals surface area contributed by atoms with Crippen molar-refractivity contribution in [2.45, 2.75) is 18.8 Å². The number of alkyl halides is 1. The molecule has 3 aromatic rings. The topological polar surface area (TPSA) is 50.7 Å². The Bertz CT molecular complexity index is 818. The highest BCUT2D eigenvalue weighted by Gasteiger charge is 2.16. The fraction of sp³-hybridized carbons (Fsp3) is 0.231. The zero-order valence-corrected chi connectivity index (χ0v) is 12.9. The first-order valence-electron chi connectivity index (χ1n) is 6.01. The first kappa shape index (κ1) is 13.7.